The lowest BCUT2D eigenvalue weighted by Gasteiger charge is -2.13. The van der Waals surface area contributed by atoms with E-state index in [1.54, 1.807) is 0 Å². The van der Waals surface area contributed by atoms with Crippen LogP contribution in [0, 0.1) is 0 Å². The first-order valence-electron chi connectivity index (χ1n) is 5.56. The van der Waals surface area contributed by atoms with Gasteiger partial charge >= 0.3 is 0 Å². The summed E-state index contributed by atoms with van der Waals surface area (Å²) in [7, 11) is 0. The van der Waals surface area contributed by atoms with Crippen LogP contribution in [0.5, 0.6) is 0 Å². The molecule has 0 saturated carbocycles. The summed E-state index contributed by atoms with van der Waals surface area (Å²) in [5.41, 5.74) is 6.63. The Morgan fingerprint density at radius 2 is 2.25 bits per heavy atom. The van der Waals surface area contributed by atoms with E-state index in [-0.39, 0.29) is 18.8 Å². The summed E-state index contributed by atoms with van der Waals surface area (Å²) in [5.74, 6) is 0.416. The van der Waals surface area contributed by atoms with Gasteiger partial charge in [0, 0.05) is 6.54 Å². The van der Waals surface area contributed by atoms with Crippen molar-refractivity contribution in [2.45, 2.75) is 32.0 Å². The average Bonchev–Trinajstić information content (AvgIpc) is 2.71. The molecule has 1 aliphatic heterocycles. The molecule has 92 valence electrons. The molecule has 0 unspecified atom stereocenters. The molecular weight excluding hydrogens is 206 g/mol. The highest BCUT2D eigenvalue weighted by molar-refractivity contribution is 5.77. The summed E-state index contributed by atoms with van der Waals surface area (Å²) >= 11 is 0. The molecule has 1 fully saturated rings. The molecule has 1 rings (SSSR count). The molecule has 1 saturated heterocycles. The number of ether oxygens (including phenoxy) is 1. The van der Waals surface area contributed by atoms with Crippen molar-refractivity contribution in [2.24, 2.45) is 10.7 Å². The van der Waals surface area contributed by atoms with E-state index in [0.717, 1.165) is 18.4 Å². The number of nitrogens with one attached hydrogen (secondary N) is 1. The molecule has 0 aromatic carbocycles. The van der Waals surface area contributed by atoms with Crippen molar-refractivity contribution in [1.82, 2.24) is 5.32 Å². The van der Waals surface area contributed by atoms with Crippen LogP contribution in [0.15, 0.2) is 17.1 Å². The lowest BCUT2D eigenvalue weighted by atomic mass is 10.2. The van der Waals surface area contributed by atoms with E-state index < -0.39 is 0 Å². The number of nitrogens with zero attached hydrogens (tertiary/aromatic N) is 1. The van der Waals surface area contributed by atoms with Gasteiger partial charge in [0.05, 0.1) is 25.4 Å². The molecule has 1 aliphatic rings. The van der Waals surface area contributed by atoms with Crippen LogP contribution in [0.3, 0.4) is 0 Å². The van der Waals surface area contributed by atoms with Crippen LogP contribution in [0.4, 0.5) is 0 Å². The Balaban J connectivity index is 2.19. The van der Waals surface area contributed by atoms with Crippen LogP contribution < -0.4 is 11.1 Å². The number of rotatable bonds is 5. The van der Waals surface area contributed by atoms with Gasteiger partial charge in [-0.3, -0.25) is 0 Å². The normalized spacial score (nSPS) is 25.8. The predicted octanol–water partition coefficient (Wildman–Crippen LogP) is 0.00670. The molecule has 4 N–H and O–H groups in total. The maximum Gasteiger partial charge on any atom is 0.188 e. The highest BCUT2D eigenvalue weighted by Crippen LogP contribution is 2.18. The standard InChI is InChI=1S/C11H21N3O2/c1-8(2)5-13-11(12)14-6-9-3-4-10(7-15)16-9/h9-10,15H,1,3-7H2,2H3,(H3,12,13,14)/t9-,10+/m1/s1. The van der Waals surface area contributed by atoms with E-state index in [2.05, 4.69) is 16.9 Å². The topological polar surface area (TPSA) is 79.9 Å². The molecule has 0 amide bonds. The summed E-state index contributed by atoms with van der Waals surface area (Å²) in [5, 5.41) is 11.9. The summed E-state index contributed by atoms with van der Waals surface area (Å²) in [6, 6.07) is 0. The largest absolute Gasteiger partial charge is 0.394 e. The van der Waals surface area contributed by atoms with Crippen molar-refractivity contribution in [3.8, 4) is 0 Å². The molecule has 0 spiro atoms. The molecule has 1 heterocycles. The first-order valence-corrected chi connectivity index (χ1v) is 5.56. The molecule has 5 heteroatoms. The second kappa shape index (κ2) is 6.50. The van der Waals surface area contributed by atoms with E-state index >= 15 is 0 Å². The minimum Gasteiger partial charge on any atom is -0.394 e. The Kier molecular flexibility index (Phi) is 5.28. The summed E-state index contributed by atoms with van der Waals surface area (Å²) in [6.07, 6.45) is 1.97. The van der Waals surface area contributed by atoms with Crippen LogP contribution in [-0.4, -0.2) is 43.0 Å². The molecule has 0 bridgehead atoms. The number of aliphatic hydroxyl groups is 1. The monoisotopic (exact) mass is 227 g/mol. The summed E-state index contributed by atoms with van der Waals surface area (Å²) in [6.45, 7) is 6.93. The number of hydrogen-bond donors (Lipinski definition) is 3. The van der Waals surface area contributed by atoms with Gasteiger partial charge in [-0.05, 0) is 19.8 Å². The van der Waals surface area contributed by atoms with Crippen LogP contribution in [0.1, 0.15) is 19.8 Å². The van der Waals surface area contributed by atoms with Crippen molar-refractivity contribution in [1.29, 1.82) is 0 Å². The number of guanidine groups is 1. The van der Waals surface area contributed by atoms with Crippen LogP contribution in [0.2, 0.25) is 0 Å². The molecule has 2 atom stereocenters. The van der Waals surface area contributed by atoms with Crippen LogP contribution in [-0.2, 0) is 4.74 Å². The van der Waals surface area contributed by atoms with E-state index in [1.807, 2.05) is 6.92 Å². The third kappa shape index (κ3) is 4.63. The molecule has 0 aromatic rings. The van der Waals surface area contributed by atoms with Gasteiger partial charge < -0.3 is 20.9 Å². The summed E-state index contributed by atoms with van der Waals surface area (Å²) in [4.78, 5) is 4.10. The van der Waals surface area contributed by atoms with Gasteiger partial charge in [-0.25, -0.2) is 4.99 Å². The van der Waals surface area contributed by atoms with Gasteiger partial charge in [0.15, 0.2) is 5.96 Å². The highest BCUT2D eigenvalue weighted by Gasteiger charge is 2.24. The fourth-order valence-electron chi connectivity index (χ4n) is 1.56. The third-order valence-electron chi connectivity index (χ3n) is 2.43. The van der Waals surface area contributed by atoms with Gasteiger partial charge in [-0.15, -0.1) is 0 Å². The molecule has 0 aromatic heterocycles. The maximum absolute atomic E-state index is 8.90. The fraction of sp³-hybridized carbons (Fsp3) is 0.727. The number of aliphatic imine (C=N–C) groups is 1. The van der Waals surface area contributed by atoms with Gasteiger partial charge in [-0.2, -0.15) is 0 Å². The molecule has 0 radical (unpaired) electrons. The van der Waals surface area contributed by atoms with Gasteiger partial charge in [-0.1, -0.05) is 12.2 Å². The minimum atomic E-state index is -0.0135. The molecular formula is C11H21N3O2. The number of hydrogen-bond acceptors (Lipinski definition) is 3. The van der Waals surface area contributed by atoms with Crippen molar-refractivity contribution >= 4 is 5.96 Å². The molecule has 5 nitrogen and oxygen atoms in total. The Bertz CT molecular complexity index is 266. The third-order valence-corrected chi connectivity index (χ3v) is 2.43. The lowest BCUT2D eigenvalue weighted by molar-refractivity contribution is 0.0141. The Morgan fingerprint density at radius 3 is 2.81 bits per heavy atom. The average molecular weight is 227 g/mol. The summed E-state index contributed by atoms with van der Waals surface area (Å²) < 4.78 is 5.55. The second-order valence-corrected chi connectivity index (χ2v) is 4.18. The van der Waals surface area contributed by atoms with E-state index in [0.29, 0.717) is 19.0 Å². The first-order chi connectivity index (χ1) is 7.61. The fourth-order valence-corrected chi connectivity index (χ4v) is 1.56. The first kappa shape index (κ1) is 13.0. The zero-order valence-corrected chi connectivity index (χ0v) is 9.78. The Morgan fingerprint density at radius 1 is 1.56 bits per heavy atom. The lowest BCUT2D eigenvalue weighted by Crippen LogP contribution is -2.37. The maximum atomic E-state index is 8.90. The van der Waals surface area contributed by atoms with E-state index in [1.165, 1.54) is 0 Å². The number of nitrogens with two attached hydrogens (primary N) is 1. The zero-order valence-electron chi connectivity index (χ0n) is 9.78. The van der Waals surface area contributed by atoms with Gasteiger partial charge in [0.25, 0.3) is 0 Å². The minimum absolute atomic E-state index is 0.0135. The quantitative estimate of drug-likeness (QED) is 0.351. The Labute approximate surface area is 96.4 Å². The van der Waals surface area contributed by atoms with Gasteiger partial charge in [0.2, 0.25) is 0 Å². The van der Waals surface area contributed by atoms with Crippen molar-refractivity contribution in [3.05, 3.63) is 12.2 Å². The Hall–Kier alpha value is -1.07. The van der Waals surface area contributed by atoms with E-state index in [9.17, 15) is 0 Å². The van der Waals surface area contributed by atoms with Crippen molar-refractivity contribution < 1.29 is 9.84 Å². The predicted molar refractivity (Wildman–Crippen MR) is 64.3 cm³/mol. The molecule has 0 aliphatic carbocycles. The van der Waals surface area contributed by atoms with Crippen LogP contribution in [0.25, 0.3) is 0 Å². The SMILES string of the molecule is C=C(C)CN=C(N)NC[C@H]1CC[C@@H](CO)O1. The van der Waals surface area contributed by atoms with Crippen molar-refractivity contribution in [2.75, 3.05) is 19.7 Å². The van der Waals surface area contributed by atoms with Gasteiger partial charge in [0.1, 0.15) is 0 Å². The second-order valence-electron chi connectivity index (χ2n) is 4.18. The number of aliphatic hydroxyl groups excluding tert-OH is 1. The van der Waals surface area contributed by atoms with E-state index in [4.69, 9.17) is 15.6 Å². The van der Waals surface area contributed by atoms with Crippen LogP contribution >= 0.6 is 0 Å². The zero-order chi connectivity index (χ0) is 12.0. The smallest absolute Gasteiger partial charge is 0.188 e. The highest BCUT2D eigenvalue weighted by atomic mass is 16.5. The van der Waals surface area contributed by atoms with Crippen molar-refractivity contribution in [3.63, 3.8) is 0 Å². The molecule has 16 heavy (non-hydrogen) atoms.